The average molecular weight is 413 g/mol. The molecular formula is C22H18ClFN2O3. The topological polar surface area (TPSA) is 57.7 Å². The van der Waals surface area contributed by atoms with Crippen molar-refractivity contribution in [1.82, 2.24) is 4.90 Å². The molecule has 3 aliphatic rings. The van der Waals surface area contributed by atoms with E-state index in [1.54, 1.807) is 24.3 Å². The van der Waals surface area contributed by atoms with Crippen molar-refractivity contribution < 1.29 is 18.8 Å². The smallest absolute Gasteiger partial charge is 0.239 e. The van der Waals surface area contributed by atoms with Gasteiger partial charge in [-0.2, -0.15) is 0 Å². The summed E-state index contributed by atoms with van der Waals surface area (Å²) >= 11 is 6.06. The van der Waals surface area contributed by atoms with E-state index in [-0.39, 0.29) is 23.6 Å². The van der Waals surface area contributed by atoms with Crippen molar-refractivity contribution in [1.29, 1.82) is 0 Å². The van der Waals surface area contributed by atoms with Gasteiger partial charge in [0.25, 0.3) is 0 Å². The van der Waals surface area contributed by atoms with Gasteiger partial charge in [-0.15, -0.1) is 0 Å². The van der Waals surface area contributed by atoms with Gasteiger partial charge >= 0.3 is 0 Å². The lowest BCUT2D eigenvalue weighted by Gasteiger charge is -2.27. The lowest BCUT2D eigenvalue weighted by Crippen LogP contribution is -2.46. The maximum atomic E-state index is 13.4. The van der Waals surface area contributed by atoms with Crippen LogP contribution >= 0.6 is 11.6 Å². The first kappa shape index (κ1) is 18.5. The number of benzene rings is 2. The number of hydrogen-bond donors (Lipinski definition) is 0. The van der Waals surface area contributed by atoms with Gasteiger partial charge in [0.2, 0.25) is 11.8 Å². The summed E-state index contributed by atoms with van der Waals surface area (Å²) in [6, 6.07) is 11.1. The molecule has 0 radical (unpaired) electrons. The molecule has 3 heterocycles. The first-order chi connectivity index (χ1) is 14.0. The molecule has 0 N–H and O–H groups in total. The Morgan fingerprint density at radius 2 is 1.76 bits per heavy atom. The molecule has 0 saturated carbocycles. The molecule has 148 valence electrons. The highest BCUT2D eigenvalue weighted by Gasteiger charge is 2.64. The molecule has 0 bridgehead atoms. The Labute approximate surface area is 172 Å². The average Bonchev–Trinajstić information content (AvgIpc) is 3.34. The molecule has 5 nitrogen and oxygen atoms in total. The minimum Gasteiger partial charge on any atom is -0.292 e. The largest absolute Gasteiger partial charge is 0.292 e. The Kier molecular flexibility index (Phi) is 4.29. The van der Waals surface area contributed by atoms with Gasteiger partial charge < -0.3 is 0 Å². The monoisotopic (exact) mass is 412 g/mol. The summed E-state index contributed by atoms with van der Waals surface area (Å²) in [5, 5.41) is 0.432. The van der Waals surface area contributed by atoms with Crippen LogP contribution in [0.1, 0.15) is 23.2 Å². The Balaban J connectivity index is 1.55. The minimum absolute atomic E-state index is 0.130. The zero-order chi connectivity index (χ0) is 20.3. The maximum absolute atomic E-state index is 13.4. The van der Waals surface area contributed by atoms with E-state index in [1.165, 1.54) is 29.2 Å². The quantitative estimate of drug-likeness (QED) is 0.573. The molecular weight excluding hydrogens is 395 g/mol. The standard InChI is InChI=1S/C22H18ClFN2O3/c23-13-3-1-4-15(11-13)26-21(28)17-16-5-2-10-25(16)19(18(17)22(26)29)20(27)12-6-8-14(24)9-7-12/h1,3-4,6-9,11,16-19H,2,5,10H2/t16-,17+,18-,19+/m1/s1. The molecule has 0 unspecified atom stereocenters. The van der Waals surface area contributed by atoms with Gasteiger partial charge in [-0.05, 0) is 61.9 Å². The number of fused-ring (bicyclic) bond motifs is 3. The van der Waals surface area contributed by atoms with Crippen LogP contribution in [0.25, 0.3) is 0 Å². The Hall–Kier alpha value is -2.57. The zero-order valence-corrected chi connectivity index (χ0v) is 16.2. The van der Waals surface area contributed by atoms with Gasteiger partial charge in [-0.3, -0.25) is 19.3 Å². The molecule has 0 spiro atoms. The molecule has 0 aromatic heterocycles. The zero-order valence-electron chi connectivity index (χ0n) is 15.4. The van der Waals surface area contributed by atoms with Crippen LogP contribution in [-0.2, 0) is 9.59 Å². The van der Waals surface area contributed by atoms with Gasteiger partial charge in [0.15, 0.2) is 5.78 Å². The lowest BCUT2D eigenvalue weighted by atomic mass is 9.85. The number of Topliss-reactive ketones (excluding diaryl/α,β-unsaturated/α-hetero) is 1. The van der Waals surface area contributed by atoms with E-state index in [1.807, 2.05) is 4.90 Å². The van der Waals surface area contributed by atoms with Gasteiger partial charge in [0.1, 0.15) is 5.82 Å². The third kappa shape index (κ3) is 2.74. The van der Waals surface area contributed by atoms with Crippen molar-refractivity contribution in [2.45, 2.75) is 24.9 Å². The van der Waals surface area contributed by atoms with E-state index in [9.17, 15) is 18.8 Å². The maximum Gasteiger partial charge on any atom is 0.239 e. The molecule has 3 aliphatic heterocycles. The number of anilines is 1. The molecule has 0 aliphatic carbocycles. The number of carbonyl (C=O) groups excluding carboxylic acids is 3. The fraction of sp³-hybridized carbons (Fsp3) is 0.318. The van der Waals surface area contributed by atoms with E-state index in [0.717, 1.165) is 12.8 Å². The molecule has 2 amide bonds. The highest BCUT2D eigenvalue weighted by atomic mass is 35.5. The number of ketones is 1. The second-order valence-corrected chi connectivity index (χ2v) is 8.24. The Bertz CT molecular complexity index is 1020. The summed E-state index contributed by atoms with van der Waals surface area (Å²) in [7, 11) is 0. The van der Waals surface area contributed by atoms with E-state index in [0.29, 0.717) is 22.8 Å². The third-order valence-corrected chi connectivity index (χ3v) is 6.55. The fourth-order valence-corrected chi connectivity index (χ4v) is 5.35. The molecule has 3 fully saturated rings. The highest BCUT2D eigenvalue weighted by Crippen LogP contribution is 2.48. The summed E-state index contributed by atoms with van der Waals surface area (Å²) in [5.74, 6) is -2.57. The van der Waals surface area contributed by atoms with Crippen LogP contribution in [0.5, 0.6) is 0 Å². The third-order valence-electron chi connectivity index (χ3n) is 6.32. The summed E-state index contributed by atoms with van der Waals surface area (Å²) in [6.07, 6.45) is 1.65. The van der Waals surface area contributed by atoms with Crippen LogP contribution in [0.3, 0.4) is 0 Å². The Morgan fingerprint density at radius 1 is 1.03 bits per heavy atom. The van der Waals surface area contributed by atoms with E-state index in [4.69, 9.17) is 11.6 Å². The predicted octanol–water partition coefficient (Wildman–Crippen LogP) is 3.31. The van der Waals surface area contributed by atoms with Crippen LogP contribution in [0.15, 0.2) is 48.5 Å². The van der Waals surface area contributed by atoms with Gasteiger partial charge in [-0.25, -0.2) is 9.29 Å². The van der Waals surface area contributed by atoms with Crippen molar-refractivity contribution in [2.24, 2.45) is 11.8 Å². The summed E-state index contributed by atoms with van der Waals surface area (Å²) < 4.78 is 13.3. The van der Waals surface area contributed by atoms with Crippen molar-refractivity contribution in [3.63, 3.8) is 0 Å². The van der Waals surface area contributed by atoms with Gasteiger partial charge in [-0.1, -0.05) is 17.7 Å². The van der Waals surface area contributed by atoms with Crippen molar-refractivity contribution in [2.75, 3.05) is 11.4 Å². The van der Waals surface area contributed by atoms with Crippen molar-refractivity contribution >= 4 is 34.9 Å². The number of carbonyl (C=O) groups is 3. The predicted molar refractivity (Wildman–Crippen MR) is 105 cm³/mol. The molecule has 7 heteroatoms. The molecule has 3 saturated heterocycles. The first-order valence-electron chi connectivity index (χ1n) is 9.66. The number of halogens is 2. The molecule has 29 heavy (non-hydrogen) atoms. The fourth-order valence-electron chi connectivity index (χ4n) is 5.17. The Morgan fingerprint density at radius 3 is 2.48 bits per heavy atom. The summed E-state index contributed by atoms with van der Waals surface area (Å²) in [4.78, 5) is 43.2. The van der Waals surface area contributed by atoms with Crippen LogP contribution in [-0.4, -0.2) is 41.1 Å². The van der Waals surface area contributed by atoms with Crippen LogP contribution in [0.2, 0.25) is 5.02 Å². The number of nitrogens with zero attached hydrogens (tertiary/aromatic N) is 2. The number of imide groups is 1. The van der Waals surface area contributed by atoms with Gasteiger partial charge in [0.05, 0.1) is 23.6 Å². The number of hydrogen-bond acceptors (Lipinski definition) is 4. The second-order valence-electron chi connectivity index (χ2n) is 7.81. The van der Waals surface area contributed by atoms with Gasteiger partial charge in [0, 0.05) is 16.6 Å². The van der Waals surface area contributed by atoms with Crippen molar-refractivity contribution in [3.05, 3.63) is 64.9 Å². The van der Waals surface area contributed by atoms with Crippen molar-refractivity contribution in [3.8, 4) is 0 Å². The number of amides is 2. The van der Waals surface area contributed by atoms with Crippen LogP contribution < -0.4 is 4.90 Å². The molecule has 2 aromatic rings. The molecule has 5 rings (SSSR count). The van der Waals surface area contributed by atoms with E-state index < -0.39 is 23.7 Å². The van der Waals surface area contributed by atoms with E-state index >= 15 is 0 Å². The molecule has 2 aromatic carbocycles. The minimum atomic E-state index is -0.732. The normalized spacial score (nSPS) is 28.7. The van der Waals surface area contributed by atoms with E-state index in [2.05, 4.69) is 0 Å². The second kappa shape index (κ2) is 6.75. The molecule has 4 atom stereocenters. The van der Waals surface area contributed by atoms with Crippen LogP contribution in [0, 0.1) is 17.7 Å². The van der Waals surface area contributed by atoms with Crippen LogP contribution in [0.4, 0.5) is 10.1 Å². The SMILES string of the molecule is O=C(c1ccc(F)cc1)[C@@H]1[C@@H]2C(=O)N(c3cccc(Cl)c3)C(=O)[C@H]2[C@H]2CCCN21. The summed E-state index contributed by atoms with van der Waals surface area (Å²) in [6.45, 7) is 0.674. The lowest BCUT2D eigenvalue weighted by molar-refractivity contribution is -0.123. The summed E-state index contributed by atoms with van der Waals surface area (Å²) in [5.41, 5.74) is 0.781. The highest BCUT2D eigenvalue weighted by molar-refractivity contribution is 6.31. The first-order valence-corrected chi connectivity index (χ1v) is 10.0. The number of rotatable bonds is 3.